The van der Waals surface area contributed by atoms with Gasteiger partial charge in [0.25, 0.3) is 0 Å². The lowest BCUT2D eigenvalue weighted by molar-refractivity contribution is -0.133. The summed E-state index contributed by atoms with van der Waals surface area (Å²) in [5, 5.41) is 4.80. The fourth-order valence-corrected chi connectivity index (χ4v) is 3.20. The van der Waals surface area contributed by atoms with Gasteiger partial charge in [0, 0.05) is 23.5 Å². The van der Waals surface area contributed by atoms with Crippen molar-refractivity contribution in [3.8, 4) is 22.7 Å². The molecule has 4 rings (SSSR count). The van der Waals surface area contributed by atoms with E-state index in [1.54, 1.807) is 36.2 Å². The van der Waals surface area contributed by atoms with Crippen LogP contribution in [0.5, 0.6) is 5.75 Å². The number of aromatic nitrogens is 3. The molecular weight excluding hydrogens is 390 g/mol. The van der Waals surface area contributed by atoms with Gasteiger partial charge < -0.3 is 9.47 Å². The van der Waals surface area contributed by atoms with E-state index in [0.29, 0.717) is 11.3 Å². The molecule has 0 aliphatic rings. The van der Waals surface area contributed by atoms with Gasteiger partial charge in [-0.2, -0.15) is 5.10 Å². The quantitative estimate of drug-likeness (QED) is 0.341. The average molecular weight is 411 g/mol. The predicted octanol–water partition coefficient (Wildman–Crippen LogP) is 4.66. The van der Waals surface area contributed by atoms with Crippen molar-refractivity contribution < 1.29 is 14.3 Å². The van der Waals surface area contributed by atoms with Crippen molar-refractivity contribution in [2.45, 2.75) is 0 Å². The Hall–Kier alpha value is -4.19. The molecule has 4 aromatic rings. The standard InChI is InChI=1S/C25H21N3O3/c1-30-21-13-11-18(12-14-21)24-19(17-28(27-24)20-8-4-3-5-9-20)16-22(25(29)31-2)23-10-6-7-15-26-23/h3-17H,1-2H3/b22-16-. The summed E-state index contributed by atoms with van der Waals surface area (Å²) in [5.41, 5.74) is 4.18. The van der Waals surface area contributed by atoms with Gasteiger partial charge in [-0.3, -0.25) is 4.98 Å². The molecule has 6 heteroatoms. The van der Waals surface area contributed by atoms with E-state index < -0.39 is 5.97 Å². The van der Waals surface area contributed by atoms with Crippen LogP contribution in [-0.4, -0.2) is 35.0 Å². The van der Waals surface area contributed by atoms with Crippen LogP contribution in [0.15, 0.2) is 85.2 Å². The van der Waals surface area contributed by atoms with Crippen molar-refractivity contribution in [2.75, 3.05) is 14.2 Å². The Morgan fingerprint density at radius 2 is 1.68 bits per heavy atom. The number of hydrogen-bond donors (Lipinski definition) is 0. The number of esters is 1. The third-order valence-corrected chi connectivity index (χ3v) is 4.77. The van der Waals surface area contributed by atoms with Crippen molar-refractivity contribution in [3.63, 3.8) is 0 Å². The minimum absolute atomic E-state index is 0.352. The Morgan fingerprint density at radius 1 is 0.935 bits per heavy atom. The summed E-state index contributed by atoms with van der Waals surface area (Å²) in [7, 11) is 2.99. The Bertz CT molecular complexity index is 1200. The number of carbonyl (C=O) groups excluding carboxylic acids is 1. The van der Waals surface area contributed by atoms with Crippen LogP contribution in [0.25, 0.3) is 28.6 Å². The zero-order valence-electron chi connectivity index (χ0n) is 17.2. The molecular formula is C25H21N3O3. The van der Waals surface area contributed by atoms with Crippen molar-refractivity contribution in [2.24, 2.45) is 0 Å². The molecule has 0 saturated heterocycles. The number of carbonyl (C=O) groups is 1. The number of para-hydroxylation sites is 1. The molecule has 0 fully saturated rings. The van der Waals surface area contributed by atoms with E-state index in [1.165, 1.54) is 7.11 Å². The second-order valence-corrected chi connectivity index (χ2v) is 6.71. The molecule has 0 aliphatic heterocycles. The molecule has 2 aromatic heterocycles. The highest BCUT2D eigenvalue weighted by atomic mass is 16.5. The molecule has 0 bridgehead atoms. The number of hydrogen-bond acceptors (Lipinski definition) is 5. The van der Waals surface area contributed by atoms with Crippen molar-refractivity contribution >= 4 is 17.6 Å². The van der Waals surface area contributed by atoms with Crippen LogP contribution in [0.3, 0.4) is 0 Å². The Morgan fingerprint density at radius 3 is 2.32 bits per heavy atom. The minimum Gasteiger partial charge on any atom is -0.497 e. The lowest BCUT2D eigenvalue weighted by Crippen LogP contribution is -2.05. The maximum Gasteiger partial charge on any atom is 0.340 e. The molecule has 2 aromatic carbocycles. The molecule has 0 aliphatic carbocycles. The highest BCUT2D eigenvalue weighted by Crippen LogP contribution is 2.29. The fourth-order valence-electron chi connectivity index (χ4n) is 3.20. The molecule has 6 nitrogen and oxygen atoms in total. The van der Waals surface area contributed by atoms with Gasteiger partial charge in [-0.1, -0.05) is 24.3 Å². The monoisotopic (exact) mass is 411 g/mol. The Kier molecular flexibility index (Phi) is 5.89. The molecule has 0 atom stereocenters. The van der Waals surface area contributed by atoms with E-state index in [2.05, 4.69) is 4.98 Å². The normalized spacial score (nSPS) is 11.2. The topological polar surface area (TPSA) is 66.2 Å². The largest absolute Gasteiger partial charge is 0.497 e. The summed E-state index contributed by atoms with van der Waals surface area (Å²) in [6.07, 6.45) is 5.30. The lowest BCUT2D eigenvalue weighted by atomic mass is 10.0. The van der Waals surface area contributed by atoms with Crippen LogP contribution in [0.1, 0.15) is 11.3 Å². The van der Waals surface area contributed by atoms with Gasteiger partial charge in [0.05, 0.1) is 36.9 Å². The van der Waals surface area contributed by atoms with Gasteiger partial charge in [0.1, 0.15) is 5.75 Å². The SMILES string of the molecule is COC(=O)/C(=C\c1cn(-c2ccccc2)nc1-c1ccc(OC)cc1)c1ccccn1. The maximum absolute atomic E-state index is 12.6. The third kappa shape index (κ3) is 4.38. The van der Waals surface area contributed by atoms with E-state index >= 15 is 0 Å². The van der Waals surface area contributed by atoms with Gasteiger partial charge in [-0.15, -0.1) is 0 Å². The summed E-state index contributed by atoms with van der Waals surface area (Å²) in [6.45, 7) is 0. The van der Waals surface area contributed by atoms with E-state index in [-0.39, 0.29) is 0 Å². The summed E-state index contributed by atoms with van der Waals surface area (Å²) in [6, 6.07) is 22.8. The van der Waals surface area contributed by atoms with Gasteiger partial charge >= 0.3 is 5.97 Å². The highest BCUT2D eigenvalue weighted by molar-refractivity contribution is 6.21. The molecule has 2 heterocycles. The van der Waals surface area contributed by atoms with Crippen LogP contribution < -0.4 is 4.74 Å². The fraction of sp³-hybridized carbons (Fsp3) is 0.0800. The molecule has 0 N–H and O–H groups in total. The van der Waals surface area contributed by atoms with Gasteiger partial charge in [0.2, 0.25) is 0 Å². The molecule has 154 valence electrons. The van der Waals surface area contributed by atoms with Crippen LogP contribution in [0.4, 0.5) is 0 Å². The van der Waals surface area contributed by atoms with Gasteiger partial charge in [-0.25, -0.2) is 9.48 Å². The van der Waals surface area contributed by atoms with Crippen molar-refractivity contribution in [1.29, 1.82) is 0 Å². The summed E-state index contributed by atoms with van der Waals surface area (Å²) in [5.74, 6) is 0.291. The second-order valence-electron chi connectivity index (χ2n) is 6.71. The third-order valence-electron chi connectivity index (χ3n) is 4.77. The smallest absolute Gasteiger partial charge is 0.340 e. The van der Waals surface area contributed by atoms with Gasteiger partial charge in [-0.05, 0) is 54.6 Å². The second kappa shape index (κ2) is 9.09. The summed E-state index contributed by atoms with van der Waals surface area (Å²) >= 11 is 0. The van der Waals surface area contributed by atoms with Gasteiger partial charge in [0.15, 0.2) is 0 Å². The lowest BCUT2D eigenvalue weighted by Gasteiger charge is -2.06. The maximum atomic E-state index is 12.6. The first-order chi connectivity index (χ1) is 15.2. The first-order valence-electron chi connectivity index (χ1n) is 9.70. The van der Waals surface area contributed by atoms with Crippen LogP contribution in [-0.2, 0) is 9.53 Å². The molecule has 0 saturated carbocycles. The minimum atomic E-state index is -0.466. The predicted molar refractivity (Wildman–Crippen MR) is 120 cm³/mol. The first kappa shape index (κ1) is 20.1. The molecule has 31 heavy (non-hydrogen) atoms. The zero-order valence-corrected chi connectivity index (χ0v) is 17.2. The Balaban J connectivity index is 1.89. The zero-order chi connectivity index (χ0) is 21.6. The first-order valence-corrected chi connectivity index (χ1v) is 9.70. The Labute approximate surface area is 180 Å². The average Bonchev–Trinajstić information content (AvgIpc) is 3.27. The number of nitrogens with zero attached hydrogens (tertiary/aromatic N) is 3. The summed E-state index contributed by atoms with van der Waals surface area (Å²) in [4.78, 5) is 16.9. The number of benzene rings is 2. The van der Waals surface area contributed by atoms with E-state index in [9.17, 15) is 4.79 Å². The highest BCUT2D eigenvalue weighted by Gasteiger charge is 2.18. The summed E-state index contributed by atoms with van der Waals surface area (Å²) < 4.78 is 12.1. The van der Waals surface area contributed by atoms with E-state index in [1.807, 2.05) is 66.9 Å². The molecule has 0 amide bonds. The number of rotatable bonds is 6. The van der Waals surface area contributed by atoms with Crippen molar-refractivity contribution in [1.82, 2.24) is 14.8 Å². The molecule has 0 spiro atoms. The van der Waals surface area contributed by atoms with E-state index in [0.717, 1.165) is 28.3 Å². The van der Waals surface area contributed by atoms with Crippen LogP contribution in [0.2, 0.25) is 0 Å². The van der Waals surface area contributed by atoms with Crippen molar-refractivity contribution in [3.05, 3.63) is 96.4 Å². The number of pyridine rings is 1. The number of ether oxygens (including phenoxy) is 2. The van der Waals surface area contributed by atoms with Crippen LogP contribution >= 0.6 is 0 Å². The molecule has 0 unspecified atom stereocenters. The molecule has 0 radical (unpaired) electrons. The van der Waals surface area contributed by atoms with E-state index in [4.69, 9.17) is 14.6 Å². The number of methoxy groups -OCH3 is 2. The van der Waals surface area contributed by atoms with Crippen LogP contribution in [0, 0.1) is 0 Å².